The van der Waals surface area contributed by atoms with Crippen LogP contribution < -0.4 is 5.32 Å². The maximum atomic E-state index is 12.2. The summed E-state index contributed by atoms with van der Waals surface area (Å²) >= 11 is 0. The molecule has 0 aliphatic heterocycles. The highest BCUT2D eigenvalue weighted by atomic mass is 16.5. The third kappa shape index (κ3) is 4.34. The Morgan fingerprint density at radius 2 is 2.00 bits per heavy atom. The Morgan fingerprint density at radius 1 is 1.40 bits per heavy atom. The standard InChI is InChI=1S/C15H26N2O3/c1-9(18)7-15(5,6)8-16-14(19)10(2)13-11(3)17-20-12(13)4/h9-10,18H,7-8H2,1-6H3,(H,16,19). The first-order valence-corrected chi connectivity index (χ1v) is 7.02. The molecule has 0 saturated heterocycles. The highest BCUT2D eigenvalue weighted by molar-refractivity contribution is 5.83. The minimum absolute atomic E-state index is 0.0435. The largest absolute Gasteiger partial charge is 0.393 e. The van der Waals surface area contributed by atoms with Crippen LogP contribution in [0.2, 0.25) is 0 Å². The van der Waals surface area contributed by atoms with Crippen molar-refractivity contribution in [2.45, 2.75) is 60.0 Å². The number of hydrogen-bond donors (Lipinski definition) is 2. The molecule has 114 valence electrons. The van der Waals surface area contributed by atoms with Gasteiger partial charge in [0, 0.05) is 12.1 Å². The molecule has 1 aromatic rings. The molecule has 0 aromatic carbocycles. The molecule has 0 fully saturated rings. The van der Waals surface area contributed by atoms with Crippen LogP contribution in [-0.2, 0) is 4.79 Å². The Labute approximate surface area is 120 Å². The summed E-state index contributed by atoms with van der Waals surface area (Å²) in [6, 6.07) is 0. The van der Waals surface area contributed by atoms with Crippen LogP contribution in [0.4, 0.5) is 0 Å². The Balaban J connectivity index is 2.64. The smallest absolute Gasteiger partial charge is 0.227 e. The molecule has 1 rings (SSSR count). The van der Waals surface area contributed by atoms with E-state index in [2.05, 4.69) is 10.5 Å². The third-order valence-corrected chi connectivity index (χ3v) is 3.50. The monoisotopic (exact) mass is 282 g/mol. The number of amides is 1. The normalized spacial score (nSPS) is 14.9. The van der Waals surface area contributed by atoms with Gasteiger partial charge in [-0.15, -0.1) is 0 Å². The molecule has 2 unspecified atom stereocenters. The van der Waals surface area contributed by atoms with Gasteiger partial charge in [-0.05, 0) is 39.5 Å². The first-order valence-electron chi connectivity index (χ1n) is 7.02. The number of hydrogen-bond acceptors (Lipinski definition) is 4. The second-order valence-electron chi connectivity index (χ2n) is 6.39. The summed E-state index contributed by atoms with van der Waals surface area (Å²) in [5, 5.41) is 16.3. The molecule has 0 bridgehead atoms. The van der Waals surface area contributed by atoms with Gasteiger partial charge >= 0.3 is 0 Å². The van der Waals surface area contributed by atoms with Gasteiger partial charge in [0.2, 0.25) is 5.91 Å². The molecular weight excluding hydrogens is 256 g/mol. The minimum Gasteiger partial charge on any atom is -0.393 e. The van der Waals surface area contributed by atoms with E-state index in [0.29, 0.717) is 18.7 Å². The zero-order chi connectivity index (χ0) is 15.5. The van der Waals surface area contributed by atoms with Gasteiger partial charge in [-0.2, -0.15) is 0 Å². The summed E-state index contributed by atoms with van der Waals surface area (Å²) in [4.78, 5) is 12.2. The molecule has 1 aromatic heterocycles. The predicted molar refractivity (Wildman–Crippen MR) is 77.5 cm³/mol. The molecule has 0 aliphatic carbocycles. The molecule has 5 heteroatoms. The number of aromatic nitrogens is 1. The fourth-order valence-electron chi connectivity index (χ4n) is 2.59. The van der Waals surface area contributed by atoms with Gasteiger partial charge in [0.25, 0.3) is 0 Å². The molecule has 2 N–H and O–H groups in total. The van der Waals surface area contributed by atoms with Crippen LogP contribution in [0, 0.1) is 19.3 Å². The predicted octanol–water partition coefficient (Wildman–Crippen LogP) is 2.31. The van der Waals surface area contributed by atoms with Crippen molar-refractivity contribution in [1.29, 1.82) is 0 Å². The second kappa shape index (κ2) is 6.39. The van der Waals surface area contributed by atoms with Crippen LogP contribution in [0.25, 0.3) is 0 Å². The maximum Gasteiger partial charge on any atom is 0.227 e. The molecule has 0 aliphatic rings. The number of aliphatic hydroxyl groups is 1. The highest BCUT2D eigenvalue weighted by Gasteiger charge is 2.26. The Kier molecular flexibility index (Phi) is 5.34. The van der Waals surface area contributed by atoms with Crippen molar-refractivity contribution in [3.8, 4) is 0 Å². The van der Waals surface area contributed by atoms with E-state index in [-0.39, 0.29) is 23.3 Å². The Morgan fingerprint density at radius 3 is 2.45 bits per heavy atom. The van der Waals surface area contributed by atoms with Crippen molar-refractivity contribution < 1.29 is 14.4 Å². The van der Waals surface area contributed by atoms with Crippen molar-refractivity contribution in [3.63, 3.8) is 0 Å². The van der Waals surface area contributed by atoms with E-state index >= 15 is 0 Å². The molecule has 1 amide bonds. The van der Waals surface area contributed by atoms with Crippen LogP contribution in [0.1, 0.15) is 57.1 Å². The SMILES string of the molecule is Cc1noc(C)c1C(C)C(=O)NCC(C)(C)CC(C)O. The first kappa shape index (κ1) is 16.7. The maximum absolute atomic E-state index is 12.2. The lowest BCUT2D eigenvalue weighted by Gasteiger charge is -2.27. The van der Waals surface area contributed by atoms with Crippen molar-refractivity contribution in [3.05, 3.63) is 17.0 Å². The molecular formula is C15H26N2O3. The van der Waals surface area contributed by atoms with Crippen LogP contribution in [-0.4, -0.2) is 28.8 Å². The Bertz CT molecular complexity index is 444. The quantitative estimate of drug-likeness (QED) is 0.839. The average molecular weight is 282 g/mol. The molecule has 0 spiro atoms. The fourth-order valence-corrected chi connectivity index (χ4v) is 2.59. The number of carbonyl (C=O) groups is 1. The lowest BCUT2D eigenvalue weighted by atomic mass is 9.86. The van der Waals surface area contributed by atoms with Crippen LogP contribution in [0.15, 0.2) is 4.52 Å². The van der Waals surface area contributed by atoms with E-state index in [1.807, 2.05) is 34.6 Å². The Hall–Kier alpha value is -1.36. The average Bonchev–Trinajstić information content (AvgIpc) is 2.63. The van der Waals surface area contributed by atoms with E-state index in [1.165, 1.54) is 0 Å². The lowest BCUT2D eigenvalue weighted by Crippen LogP contribution is -2.37. The van der Waals surface area contributed by atoms with E-state index < -0.39 is 0 Å². The first-order chi connectivity index (χ1) is 9.14. The van der Waals surface area contributed by atoms with Gasteiger partial charge in [-0.3, -0.25) is 4.79 Å². The lowest BCUT2D eigenvalue weighted by molar-refractivity contribution is -0.122. The van der Waals surface area contributed by atoms with Crippen LogP contribution in [0.5, 0.6) is 0 Å². The summed E-state index contributed by atoms with van der Waals surface area (Å²) in [5.74, 6) is 0.357. The van der Waals surface area contributed by atoms with E-state index in [0.717, 1.165) is 11.3 Å². The highest BCUT2D eigenvalue weighted by Crippen LogP contribution is 2.25. The van der Waals surface area contributed by atoms with Gasteiger partial charge in [0.15, 0.2) is 0 Å². The summed E-state index contributed by atoms with van der Waals surface area (Å²) in [6.07, 6.45) is 0.273. The number of aliphatic hydroxyl groups excluding tert-OH is 1. The third-order valence-electron chi connectivity index (χ3n) is 3.50. The molecule has 5 nitrogen and oxygen atoms in total. The molecule has 1 heterocycles. The van der Waals surface area contributed by atoms with Crippen molar-refractivity contribution >= 4 is 5.91 Å². The minimum atomic E-state index is -0.373. The summed E-state index contributed by atoms with van der Waals surface area (Å²) in [7, 11) is 0. The molecule has 20 heavy (non-hydrogen) atoms. The zero-order valence-corrected chi connectivity index (χ0v) is 13.3. The fraction of sp³-hybridized carbons (Fsp3) is 0.733. The zero-order valence-electron chi connectivity index (χ0n) is 13.3. The summed E-state index contributed by atoms with van der Waals surface area (Å²) < 4.78 is 5.10. The second-order valence-corrected chi connectivity index (χ2v) is 6.39. The number of rotatable bonds is 6. The molecule has 0 saturated carbocycles. The number of aryl methyl sites for hydroxylation is 2. The van der Waals surface area contributed by atoms with E-state index in [9.17, 15) is 9.90 Å². The summed E-state index contributed by atoms with van der Waals surface area (Å²) in [5.41, 5.74) is 1.48. The van der Waals surface area contributed by atoms with Crippen molar-refractivity contribution in [2.24, 2.45) is 5.41 Å². The van der Waals surface area contributed by atoms with Gasteiger partial charge in [0.1, 0.15) is 5.76 Å². The van der Waals surface area contributed by atoms with Gasteiger partial charge in [-0.1, -0.05) is 19.0 Å². The van der Waals surface area contributed by atoms with E-state index in [4.69, 9.17) is 4.52 Å². The van der Waals surface area contributed by atoms with Gasteiger partial charge in [0.05, 0.1) is 17.7 Å². The molecule has 0 radical (unpaired) electrons. The molecule has 2 atom stereocenters. The van der Waals surface area contributed by atoms with Crippen LogP contribution in [0.3, 0.4) is 0 Å². The van der Waals surface area contributed by atoms with Gasteiger partial charge < -0.3 is 14.9 Å². The van der Waals surface area contributed by atoms with Crippen molar-refractivity contribution in [2.75, 3.05) is 6.54 Å². The van der Waals surface area contributed by atoms with E-state index in [1.54, 1.807) is 6.92 Å². The number of nitrogens with zero attached hydrogens (tertiary/aromatic N) is 1. The number of nitrogens with one attached hydrogen (secondary N) is 1. The summed E-state index contributed by atoms with van der Waals surface area (Å²) in [6.45, 7) is 11.9. The van der Waals surface area contributed by atoms with Gasteiger partial charge in [-0.25, -0.2) is 0 Å². The van der Waals surface area contributed by atoms with Crippen molar-refractivity contribution in [1.82, 2.24) is 10.5 Å². The number of carbonyl (C=O) groups excluding carboxylic acids is 1. The van der Waals surface area contributed by atoms with Crippen LogP contribution >= 0.6 is 0 Å². The topological polar surface area (TPSA) is 75.4 Å².